The molecule has 0 spiro atoms. The molecule has 1 aliphatic heterocycles. The molecule has 4 heteroatoms. The molecule has 3 atom stereocenters. The van der Waals surface area contributed by atoms with E-state index in [-0.39, 0.29) is 0 Å². The van der Waals surface area contributed by atoms with Crippen molar-refractivity contribution in [3.05, 3.63) is 0 Å². The molecule has 0 unspecified atom stereocenters. The summed E-state index contributed by atoms with van der Waals surface area (Å²) in [6.45, 7) is 2.77. The number of aliphatic hydroxyl groups excluding tert-OH is 1. The quantitative estimate of drug-likeness (QED) is 0.432. The van der Waals surface area contributed by atoms with Crippen LogP contribution in [0.2, 0.25) is 0 Å². The molecule has 0 bridgehead atoms. The zero-order valence-corrected chi connectivity index (χ0v) is 5.87. The summed E-state index contributed by atoms with van der Waals surface area (Å²) in [5, 5.41) is 18.3. The molecule has 1 saturated heterocycles. The summed E-state index contributed by atoms with van der Waals surface area (Å²) in [7, 11) is 0. The van der Waals surface area contributed by atoms with Gasteiger partial charge in [-0.3, -0.25) is 0 Å². The van der Waals surface area contributed by atoms with Crippen molar-refractivity contribution in [3.8, 4) is 0 Å². The zero-order valence-electron chi connectivity index (χ0n) is 5.87. The fraction of sp³-hybridized carbons (Fsp3) is 0.833. The Balaban J connectivity index is 2.85. The summed E-state index contributed by atoms with van der Waals surface area (Å²) in [5.74, 6) is -0.757. The Hall–Kier alpha value is -0.610. The predicted octanol–water partition coefficient (Wildman–Crippen LogP) is -0.956. The van der Waals surface area contributed by atoms with Crippen LogP contribution >= 0.6 is 0 Å². The molecule has 1 aliphatic rings. The van der Waals surface area contributed by atoms with Crippen molar-refractivity contribution in [1.29, 1.82) is 0 Å². The molecule has 0 amide bonds. The largest absolute Gasteiger partial charge is 0.458 e. The Kier molecular flexibility index (Phi) is 1.45. The summed E-state index contributed by atoms with van der Waals surface area (Å²) in [4.78, 5) is 10.7. The van der Waals surface area contributed by atoms with Crippen molar-refractivity contribution >= 4 is 5.97 Å². The highest BCUT2D eigenvalue weighted by atomic mass is 16.6. The van der Waals surface area contributed by atoms with E-state index < -0.39 is 23.8 Å². The van der Waals surface area contributed by atoms with E-state index in [9.17, 15) is 9.90 Å². The Morgan fingerprint density at radius 2 is 2.20 bits per heavy atom. The van der Waals surface area contributed by atoms with Gasteiger partial charge in [-0.05, 0) is 13.8 Å². The Morgan fingerprint density at radius 3 is 2.30 bits per heavy atom. The van der Waals surface area contributed by atoms with Crippen LogP contribution in [0.3, 0.4) is 0 Å². The molecule has 0 aromatic rings. The van der Waals surface area contributed by atoms with Crippen molar-refractivity contribution in [2.45, 2.75) is 31.7 Å². The van der Waals surface area contributed by atoms with Gasteiger partial charge in [0.25, 0.3) is 0 Å². The highest BCUT2D eigenvalue weighted by molar-refractivity contribution is 5.82. The molecule has 0 aliphatic carbocycles. The molecule has 1 fully saturated rings. The maximum atomic E-state index is 10.7. The monoisotopic (exact) mass is 146 g/mol. The minimum atomic E-state index is -1.72. The number of ether oxygens (including phenoxy) is 1. The Morgan fingerprint density at radius 1 is 1.70 bits per heavy atom. The number of carbonyl (C=O) groups is 1. The highest BCUT2D eigenvalue weighted by Gasteiger charge is 2.50. The van der Waals surface area contributed by atoms with Gasteiger partial charge in [-0.25, -0.2) is 4.79 Å². The number of esters is 1. The first-order valence-electron chi connectivity index (χ1n) is 3.08. The van der Waals surface area contributed by atoms with E-state index in [0.717, 1.165) is 0 Å². The van der Waals surface area contributed by atoms with Crippen molar-refractivity contribution < 1.29 is 19.7 Å². The molecule has 0 aromatic heterocycles. The number of rotatable bonds is 0. The molecule has 2 N–H and O–H groups in total. The molecular formula is C6H10O4. The average molecular weight is 146 g/mol. The lowest BCUT2D eigenvalue weighted by Gasteiger charge is -2.15. The van der Waals surface area contributed by atoms with Gasteiger partial charge in [-0.2, -0.15) is 0 Å². The van der Waals surface area contributed by atoms with Gasteiger partial charge in [0.2, 0.25) is 0 Å². The first kappa shape index (κ1) is 7.50. The maximum absolute atomic E-state index is 10.7. The van der Waals surface area contributed by atoms with Crippen LogP contribution in [0.5, 0.6) is 0 Å². The van der Waals surface area contributed by atoms with Gasteiger partial charge < -0.3 is 14.9 Å². The summed E-state index contributed by atoms with van der Waals surface area (Å²) < 4.78 is 4.55. The normalized spacial score (nSPS) is 47.4. The third-order valence-corrected chi connectivity index (χ3v) is 1.73. The zero-order chi connectivity index (χ0) is 7.94. The SMILES string of the molecule is C[C@@H]1OC(=O)[C@](C)(O)[C@H]1O. The topological polar surface area (TPSA) is 66.8 Å². The third-order valence-electron chi connectivity index (χ3n) is 1.73. The third kappa shape index (κ3) is 0.803. The Bertz CT molecular complexity index is 163. The second kappa shape index (κ2) is 1.93. The van der Waals surface area contributed by atoms with Gasteiger partial charge in [0, 0.05) is 0 Å². The first-order chi connectivity index (χ1) is 4.46. The lowest BCUT2D eigenvalue weighted by Crippen LogP contribution is -2.42. The van der Waals surface area contributed by atoms with Crippen LogP contribution in [-0.2, 0) is 9.53 Å². The molecule has 0 radical (unpaired) electrons. The van der Waals surface area contributed by atoms with Crippen LogP contribution in [0.15, 0.2) is 0 Å². The Labute approximate surface area is 58.4 Å². The van der Waals surface area contributed by atoms with E-state index in [1.165, 1.54) is 13.8 Å². The molecule has 0 saturated carbocycles. The second-order valence-corrected chi connectivity index (χ2v) is 2.70. The van der Waals surface area contributed by atoms with Crippen molar-refractivity contribution in [3.63, 3.8) is 0 Å². The highest BCUT2D eigenvalue weighted by Crippen LogP contribution is 2.24. The summed E-state index contributed by atoms with van der Waals surface area (Å²) in [6.07, 6.45) is -1.72. The lowest BCUT2D eigenvalue weighted by molar-refractivity contribution is -0.154. The lowest BCUT2D eigenvalue weighted by atomic mass is 9.99. The molecule has 1 rings (SSSR count). The molecule has 10 heavy (non-hydrogen) atoms. The second-order valence-electron chi connectivity index (χ2n) is 2.70. The molecule has 1 heterocycles. The minimum absolute atomic E-state index is 0.609. The van der Waals surface area contributed by atoms with Gasteiger partial charge in [-0.1, -0.05) is 0 Å². The number of cyclic esters (lactones) is 1. The summed E-state index contributed by atoms with van der Waals surface area (Å²) >= 11 is 0. The molecule has 58 valence electrons. The van der Waals surface area contributed by atoms with E-state index in [2.05, 4.69) is 4.74 Å². The predicted molar refractivity (Wildman–Crippen MR) is 32.2 cm³/mol. The standard InChI is InChI=1S/C6H10O4/c1-3-4(7)6(2,9)5(8)10-3/h3-4,7,9H,1-2H3/t3-,4-,6+/m0/s1. The minimum Gasteiger partial charge on any atom is -0.458 e. The first-order valence-corrected chi connectivity index (χ1v) is 3.08. The summed E-state index contributed by atoms with van der Waals surface area (Å²) in [6, 6.07) is 0. The van der Waals surface area contributed by atoms with Crippen molar-refractivity contribution in [1.82, 2.24) is 0 Å². The average Bonchev–Trinajstić information content (AvgIpc) is 1.97. The van der Waals surface area contributed by atoms with Crippen LogP contribution in [0, 0.1) is 0 Å². The van der Waals surface area contributed by atoms with Crippen molar-refractivity contribution in [2.24, 2.45) is 0 Å². The van der Waals surface area contributed by atoms with Gasteiger partial charge >= 0.3 is 5.97 Å². The molecule has 4 nitrogen and oxygen atoms in total. The number of aliphatic hydroxyl groups is 2. The maximum Gasteiger partial charge on any atom is 0.341 e. The molecular weight excluding hydrogens is 136 g/mol. The van der Waals surface area contributed by atoms with E-state index in [1.54, 1.807) is 0 Å². The fourth-order valence-corrected chi connectivity index (χ4v) is 0.930. The van der Waals surface area contributed by atoms with Gasteiger partial charge in [0.05, 0.1) is 0 Å². The number of hydrogen-bond donors (Lipinski definition) is 2. The van der Waals surface area contributed by atoms with E-state index in [1.807, 2.05) is 0 Å². The van der Waals surface area contributed by atoms with Crippen LogP contribution in [0.25, 0.3) is 0 Å². The van der Waals surface area contributed by atoms with E-state index >= 15 is 0 Å². The number of hydrogen-bond acceptors (Lipinski definition) is 4. The number of carbonyl (C=O) groups excluding carboxylic acids is 1. The van der Waals surface area contributed by atoms with Crippen molar-refractivity contribution in [2.75, 3.05) is 0 Å². The smallest absolute Gasteiger partial charge is 0.341 e. The van der Waals surface area contributed by atoms with Gasteiger partial charge in [-0.15, -0.1) is 0 Å². The van der Waals surface area contributed by atoms with Gasteiger partial charge in [0.15, 0.2) is 5.60 Å². The van der Waals surface area contributed by atoms with Gasteiger partial charge in [0.1, 0.15) is 12.2 Å². The van der Waals surface area contributed by atoms with E-state index in [0.29, 0.717) is 0 Å². The van der Waals surface area contributed by atoms with E-state index in [4.69, 9.17) is 5.11 Å². The summed E-state index contributed by atoms with van der Waals surface area (Å²) in [5.41, 5.74) is -1.72. The van der Waals surface area contributed by atoms with Crippen LogP contribution in [-0.4, -0.2) is 34.0 Å². The van der Waals surface area contributed by atoms with Crippen LogP contribution in [0.4, 0.5) is 0 Å². The van der Waals surface area contributed by atoms with Crippen LogP contribution < -0.4 is 0 Å². The molecule has 0 aromatic carbocycles. The van der Waals surface area contributed by atoms with Crippen LogP contribution in [0.1, 0.15) is 13.8 Å². The fourth-order valence-electron chi connectivity index (χ4n) is 0.930.